The molecule has 2 rings (SSSR count). The topological polar surface area (TPSA) is 86.8 Å². The van der Waals surface area contributed by atoms with E-state index in [0.29, 0.717) is 17.1 Å². The Hall–Kier alpha value is -2.58. The predicted molar refractivity (Wildman–Crippen MR) is 142 cm³/mol. The van der Waals surface area contributed by atoms with E-state index in [4.69, 9.17) is 11.6 Å². The van der Waals surface area contributed by atoms with E-state index in [-0.39, 0.29) is 31.3 Å². The average molecular weight is 522 g/mol. The van der Waals surface area contributed by atoms with Gasteiger partial charge in [-0.1, -0.05) is 41.9 Å². The molecule has 0 unspecified atom stereocenters. The van der Waals surface area contributed by atoms with Gasteiger partial charge in [-0.25, -0.2) is 8.42 Å². The molecule has 0 fully saturated rings. The highest BCUT2D eigenvalue weighted by atomic mass is 35.5. The Morgan fingerprint density at radius 3 is 2.31 bits per heavy atom. The second-order valence-corrected chi connectivity index (χ2v) is 12.1. The second kappa shape index (κ2) is 11.9. The zero-order valence-corrected chi connectivity index (χ0v) is 22.9. The molecule has 2 amide bonds. The van der Waals surface area contributed by atoms with Crippen molar-refractivity contribution in [1.29, 1.82) is 0 Å². The smallest absolute Gasteiger partial charge is 0.242 e. The van der Waals surface area contributed by atoms with E-state index in [1.807, 2.05) is 45.9 Å². The number of aryl methyl sites for hydroxylation is 1. The molecule has 0 heterocycles. The molecule has 0 bridgehead atoms. The van der Waals surface area contributed by atoms with Crippen LogP contribution in [0.5, 0.6) is 0 Å². The minimum Gasteiger partial charge on any atom is -0.350 e. The fourth-order valence-corrected chi connectivity index (χ4v) is 4.95. The highest BCUT2D eigenvalue weighted by Crippen LogP contribution is 2.23. The van der Waals surface area contributed by atoms with Gasteiger partial charge in [0.05, 0.1) is 11.9 Å². The van der Waals surface area contributed by atoms with Gasteiger partial charge in [-0.05, 0) is 70.4 Å². The van der Waals surface area contributed by atoms with Gasteiger partial charge in [-0.2, -0.15) is 0 Å². The van der Waals surface area contributed by atoms with Crippen LogP contribution in [0.3, 0.4) is 0 Å². The highest BCUT2D eigenvalue weighted by molar-refractivity contribution is 7.92. The molecule has 192 valence electrons. The zero-order chi connectivity index (χ0) is 26.4. The molecule has 1 N–H and O–H groups in total. The standard InChI is InChI=1S/C26H36ClN3O4S/c1-19-11-7-8-14-23(19)30(35(6,33)34)16-10-15-24(31)29(18-21-12-9-13-22(27)17-21)20(2)25(32)28-26(3,4)5/h7-9,11-14,17,20H,10,15-16,18H2,1-6H3,(H,28,32)/t20-/m1/s1. The van der Waals surface area contributed by atoms with Gasteiger partial charge in [0.1, 0.15) is 6.04 Å². The van der Waals surface area contributed by atoms with Crippen LogP contribution in [-0.4, -0.2) is 49.5 Å². The first-order chi connectivity index (χ1) is 16.2. The lowest BCUT2D eigenvalue weighted by Crippen LogP contribution is -2.52. The van der Waals surface area contributed by atoms with Crippen LogP contribution in [0.25, 0.3) is 0 Å². The summed E-state index contributed by atoms with van der Waals surface area (Å²) >= 11 is 6.12. The minimum absolute atomic E-state index is 0.0889. The normalized spacial score (nSPS) is 12.7. The summed E-state index contributed by atoms with van der Waals surface area (Å²) in [5.74, 6) is -0.495. The number of amides is 2. The molecule has 0 aromatic heterocycles. The summed E-state index contributed by atoms with van der Waals surface area (Å²) in [6, 6.07) is 13.7. The Balaban J connectivity index is 2.20. The van der Waals surface area contributed by atoms with Gasteiger partial charge < -0.3 is 10.2 Å². The van der Waals surface area contributed by atoms with Crippen molar-refractivity contribution in [2.24, 2.45) is 0 Å². The molecule has 2 aromatic carbocycles. The lowest BCUT2D eigenvalue weighted by Gasteiger charge is -2.32. The Morgan fingerprint density at radius 2 is 1.74 bits per heavy atom. The molecule has 0 saturated carbocycles. The van der Waals surface area contributed by atoms with Crippen LogP contribution in [0.4, 0.5) is 5.69 Å². The fraction of sp³-hybridized carbons (Fsp3) is 0.462. The van der Waals surface area contributed by atoms with Crippen molar-refractivity contribution in [3.8, 4) is 0 Å². The fourth-order valence-electron chi connectivity index (χ4n) is 3.71. The van der Waals surface area contributed by atoms with Gasteiger partial charge >= 0.3 is 0 Å². The van der Waals surface area contributed by atoms with Crippen LogP contribution in [0.15, 0.2) is 48.5 Å². The molecule has 0 radical (unpaired) electrons. The van der Waals surface area contributed by atoms with Crippen molar-refractivity contribution < 1.29 is 18.0 Å². The molecule has 0 aliphatic carbocycles. The van der Waals surface area contributed by atoms with E-state index < -0.39 is 21.6 Å². The van der Waals surface area contributed by atoms with Gasteiger partial charge in [-0.15, -0.1) is 0 Å². The van der Waals surface area contributed by atoms with Crippen molar-refractivity contribution in [3.05, 3.63) is 64.7 Å². The van der Waals surface area contributed by atoms with Crippen LogP contribution >= 0.6 is 11.6 Å². The number of hydrogen-bond donors (Lipinski definition) is 1. The zero-order valence-electron chi connectivity index (χ0n) is 21.3. The van der Waals surface area contributed by atoms with Crippen molar-refractivity contribution >= 4 is 39.1 Å². The Bertz CT molecular complexity index is 1150. The maximum Gasteiger partial charge on any atom is 0.242 e. The average Bonchev–Trinajstić information content (AvgIpc) is 2.73. The SMILES string of the molecule is Cc1ccccc1N(CCCC(=O)N(Cc1cccc(Cl)c1)[C@H](C)C(=O)NC(C)(C)C)S(C)(=O)=O. The van der Waals surface area contributed by atoms with Crippen molar-refractivity contribution in [2.75, 3.05) is 17.1 Å². The summed E-state index contributed by atoms with van der Waals surface area (Å²) in [6.07, 6.45) is 1.55. The second-order valence-electron chi connectivity index (χ2n) is 9.79. The minimum atomic E-state index is -3.53. The summed E-state index contributed by atoms with van der Waals surface area (Å²) in [4.78, 5) is 27.7. The number of hydrogen-bond acceptors (Lipinski definition) is 4. The van der Waals surface area contributed by atoms with Gasteiger partial charge in [-0.3, -0.25) is 13.9 Å². The first kappa shape index (κ1) is 28.7. The molecule has 2 aromatic rings. The third kappa shape index (κ3) is 8.85. The van der Waals surface area contributed by atoms with Crippen molar-refractivity contribution in [1.82, 2.24) is 10.2 Å². The molecule has 7 nitrogen and oxygen atoms in total. The molecule has 0 saturated heterocycles. The summed E-state index contributed by atoms with van der Waals surface area (Å²) < 4.78 is 26.3. The third-order valence-corrected chi connectivity index (χ3v) is 6.86. The largest absolute Gasteiger partial charge is 0.350 e. The predicted octanol–water partition coefficient (Wildman–Crippen LogP) is 4.53. The maximum atomic E-state index is 13.3. The number of halogens is 1. The lowest BCUT2D eigenvalue weighted by atomic mass is 10.1. The third-order valence-electron chi connectivity index (χ3n) is 5.44. The van der Waals surface area contributed by atoms with E-state index in [0.717, 1.165) is 17.4 Å². The molecule has 35 heavy (non-hydrogen) atoms. The molecule has 1 atom stereocenters. The van der Waals surface area contributed by atoms with Crippen LogP contribution in [0.1, 0.15) is 51.7 Å². The number of carbonyl (C=O) groups excluding carboxylic acids is 2. The maximum absolute atomic E-state index is 13.3. The van der Waals surface area contributed by atoms with Gasteiger partial charge in [0.15, 0.2) is 0 Å². The molecule has 0 aliphatic heterocycles. The molecular formula is C26H36ClN3O4S. The highest BCUT2D eigenvalue weighted by Gasteiger charge is 2.28. The molecule has 0 aliphatic rings. The number of nitrogens with zero attached hydrogens (tertiary/aromatic N) is 2. The summed E-state index contributed by atoms with van der Waals surface area (Å²) in [5, 5.41) is 3.47. The Morgan fingerprint density at radius 1 is 1.09 bits per heavy atom. The lowest BCUT2D eigenvalue weighted by molar-refractivity contribution is -0.141. The van der Waals surface area contributed by atoms with E-state index in [9.17, 15) is 18.0 Å². The number of anilines is 1. The van der Waals surface area contributed by atoms with Crippen molar-refractivity contribution in [3.63, 3.8) is 0 Å². The van der Waals surface area contributed by atoms with Gasteiger partial charge in [0.2, 0.25) is 21.8 Å². The number of carbonyl (C=O) groups is 2. The molecule has 9 heteroatoms. The van der Waals surface area contributed by atoms with Crippen LogP contribution < -0.4 is 9.62 Å². The number of sulfonamides is 1. The number of para-hydroxylation sites is 1. The van der Waals surface area contributed by atoms with Crippen LogP contribution in [0, 0.1) is 6.92 Å². The monoisotopic (exact) mass is 521 g/mol. The molecular weight excluding hydrogens is 486 g/mol. The number of rotatable bonds is 10. The van der Waals surface area contributed by atoms with Crippen LogP contribution in [0.2, 0.25) is 5.02 Å². The Labute approximate surface area is 214 Å². The van der Waals surface area contributed by atoms with Gasteiger partial charge in [0.25, 0.3) is 0 Å². The Kier molecular flexibility index (Phi) is 9.75. The number of benzene rings is 2. The van der Waals surface area contributed by atoms with E-state index in [1.165, 1.54) is 9.21 Å². The summed E-state index contributed by atoms with van der Waals surface area (Å²) in [5.41, 5.74) is 1.79. The quantitative estimate of drug-likeness (QED) is 0.497. The van der Waals surface area contributed by atoms with Gasteiger partial charge in [0, 0.05) is 30.1 Å². The number of nitrogens with one attached hydrogen (secondary N) is 1. The first-order valence-electron chi connectivity index (χ1n) is 11.6. The van der Waals surface area contributed by atoms with E-state index in [1.54, 1.807) is 37.3 Å². The van der Waals surface area contributed by atoms with E-state index >= 15 is 0 Å². The summed E-state index contributed by atoms with van der Waals surface area (Å²) in [6.45, 7) is 9.56. The summed E-state index contributed by atoms with van der Waals surface area (Å²) in [7, 11) is -3.53. The van der Waals surface area contributed by atoms with E-state index in [2.05, 4.69) is 5.32 Å². The molecule has 0 spiro atoms. The van der Waals surface area contributed by atoms with Crippen molar-refractivity contribution in [2.45, 2.75) is 65.6 Å². The first-order valence-corrected chi connectivity index (χ1v) is 13.8. The van der Waals surface area contributed by atoms with Crippen LogP contribution in [-0.2, 0) is 26.2 Å².